The molecule has 28 heavy (non-hydrogen) atoms. The molecule has 2 aromatic rings. The van der Waals surface area contributed by atoms with E-state index in [-0.39, 0.29) is 35.1 Å². The molecule has 1 unspecified atom stereocenters. The van der Waals surface area contributed by atoms with Crippen molar-refractivity contribution < 1.29 is 14.0 Å². The van der Waals surface area contributed by atoms with Gasteiger partial charge in [-0.15, -0.1) is 0 Å². The van der Waals surface area contributed by atoms with Crippen LogP contribution in [0.5, 0.6) is 0 Å². The average molecular weight is 442 g/mol. The molecule has 1 aliphatic carbocycles. The van der Waals surface area contributed by atoms with E-state index < -0.39 is 5.82 Å². The van der Waals surface area contributed by atoms with Crippen LogP contribution in [0.2, 0.25) is 0 Å². The lowest BCUT2D eigenvalue weighted by molar-refractivity contribution is -0.121. The highest BCUT2D eigenvalue weighted by molar-refractivity contribution is 9.10. The molecule has 1 heterocycles. The lowest BCUT2D eigenvalue weighted by Crippen LogP contribution is -2.44. The molecule has 0 fully saturated rings. The van der Waals surface area contributed by atoms with Crippen molar-refractivity contribution in [3.05, 3.63) is 75.7 Å². The largest absolute Gasteiger partial charge is 0.294 e. The van der Waals surface area contributed by atoms with Crippen molar-refractivity contribution in [2.24, 2.45) is 5.41 Å². The summed E-state index contributed by atoms with van der Waals surface area (Å²) in [6.07, 6.45) is 1.11. The summed E-state index contributed by atoms with van der Waals surface area (Å²) in [6, 6.07) is 13.9. The van der Waals surface area contributed by atoms with Crippen LogP contribution in [0.4, 0.5) is 10.1 Å². The standard InChI is InChI=1S/C23H21BrFNO2/c1-23(2)12-19-22(20(27)13-23)15(14-7-3-4-8-16(14)24)11-21(28)26(19)18-10-6-5-9-17(18)25/h3-10,15H,11-13H2,1-2H3. The van der Waals surface area contributed by atoms with Gasteiger partial charge in [0.15, 0.2) is 5.78 Å². The fourth-order valence-electron chi connectivity index (χ4n) is 4.35. The van der Waals surface area contributed by atoms with Gasteiger partial charge < -0.3 is 0 Å². The summed E-state index contributed by atoms with van der Waals surface area (Å²) >= 11 is 3.56. The molecule has 1 aliphatic heterocycles. The molecule has 0 saturated heterocycles. The Hall–Kier alpha value is -2.27. The van der Waals surface area contributed by atoms with Crippen LogP contribution in [0.1, 0.15) is 44.6 Å². The predicted octanol–water partition coefficient (Wildman–Crippen LogP) is 5.75. The van der Waals surface area contributed by atoms with E-state index in [2.05, 4.69) is 15.9 Å². The fourth-order valence-corrected chi connectivity index (χ4v) is 4.91. The van der Waals surface area contributed by atoms with Crippen molar-refractivity contribution in [2.45, 2.75) is 39.0 Å². The Kier molecular flexibility index (Phi) is 4.74. The zero-order valence-corrected chi connectivity index (χ0v) is 17.4. The van der Waals surface area contributed by atoms with E-state index in [4.69, 9.17) is 0 Å². The topological polar surface area (TPSA) is 37.4 Å². The third-order valence-electron chi connectivity index (χ3n) is 5.52. The highest BCUT2D eigenvalue weighted by Crippen LogP contribution is 2.49. The molecular formula is C23H21BrFNO2. The van der Waals surface area contributed by atoms with Gasteiger partial charge in [-0.25, -0.2) is 4.39 Å². The Balaban J connectivity index is 1.94. The summed E-state index contributed by atoms with van der Waals surface area (Å²) in [5, 5.41) is 0. The Morgan fingerprint density at radius 2 is 1.71 bits per heavy atom. The molecular weight excluding hydrogens is 421 g/mol. The monoisotopic (exact) mass is 441 g/mol. The Labute approximate surface area is 172 Å². The normalized spacial score (nSPS) is 21.7. The minimum atomic E-state index is -0.460. The summed E-state index contributed by atoms with van der Waals surface area (Å²) in [4.78, 5) is 27.9. The number of carbonyl (C=O) groups is 2. The van der Waals surface area contributed by atoms with Crippen molar-refractivity contribution in [1.82, 2.24) is 0 Å². The average Bonchev–Trinajstić information content (AvgIpc) is 2.61. The first-order chi connectivity index (χ1) is 13.3. The van der Waals surface area contributed by atoms with Gasteiger partial charge in [0.2, 0.25) is 5.91 Å². The number of amides is 1. The zero-order chi connectivity index (χ0) is 20.1. The van der Waals surface area contributed by atoms with Crippen LogP contribution < -0.4 is 4.90 Å². The number of nitrogens with zero attached hydrogens (tertiary/aromatic N) is 1. The maximum absolute atomic E-state index is 14.6. The van der Waals surface area contributed by atoms with E-state index in [0.29, 0.717) is 24.1 Å². The third-order valence-corrected chi connectivity index (χ3v) is 6.24. The van der Waals surface area contributed by atoms with Crippen LogP contribution in [0.25, 0.3) is 0 Å². The molecule has 0 N–H and O–H groups in total. The Bertz CT molecular complexity index is 1010. The third kappa shape index (κ3) is 3.22. The second-order valence-corrected chi connectivity index (χ2v) is 9.11. The Morgan fingerprint density at radius 3 is 2.43 bits per heavy atom. The van der Waals surface area contributed by atoms with Gasteiger partial charge in [-0.05, 0) is 35.6 Å². The highest BCUT2D eigenvalue weighted by Gasteiger charge is 2.45. The number of hydrogen-bond acceptors (Lipinski definition) is 2. The highest BCUT2D eigenvalue weighted by atomic mass is 79.9. The zero-order valence-electron chi connectivity index (χ0n) is 15.8. The van der Waals surface area contributed by atoms with Gasteiger partial charge in [0.05, 0.1) is 5.69 Å². The summed E-state index contributed by atoms with van der Waals surface area (Å²) < 4.78 is 15.4. The fraction of sp³-hybridized carbons (Fsp3) is 0.304. The second-order valence-electron chi connectivity index (χ2n) is 8.26. The quantitative estimate of drug-likeness (QED) is 0.594. The molecule has 0 radical (unpaired) electrons. The lowest BCUT2D eigenvalue weighted by Gasteiger charge is -2.43. The molecule has 2 aliphatic rings. The minimum absolute atomic E-state index is 0.0424. The van der Waals surface area contributed by atoms with Crippen LogP contribution >= 0.6 is 15.9 Å². The minimum Gasteiger partial charge on any atom is -0.294 e. The number of benzene rings is 2. The maximum Gasteiger partial charge on any atom is 0.232 e. The van der Waals surface area contributed by atoms with Crippen LogP contribution in [0.3, 0.4) is 0 Å². The van der Waals surface area contributed by atoms with Gasteiger partial charge in [-0.2, -0.15) is 0 Å². The summed E-state index contributed by atoms with van der Waals surface area (Å²) in [6.45, 7) is 4.03. The van der Waals surface area contributed by atoms with Crippen molar-refractivity contribution in [3.63, 3.8) is 0 Å². The van der Waals surface area contributed by atoms with Gasteiger partial charge in [-0.3, -0.25) is 14.5 Å². The van der Waals surface area contributed by atoms with E-state index in [1.54, 1.807) is 18.2 Å². The SMILES string of the molecule is CC1(C)CC(=O)C2=C(C1)N(c1ccccc1F)C(=O)CC2c1ccccc1Br. The number of rotatable bonds is 2. The summed E-state index contributed by atoms with van der Waals surface area (Å²) in [5.41, 5.74) is 2.15. The molecule has 1 amide bonds. The van der Waals surface area contributed by atoms with Gasteiger partial charge in [0.25, 0.3) is 0 Å². The van der Waals surface area contributed by atoms with E-state index in [1.165, 1.54) is 11.0 Å². The van der Waals surface area contributed by atoms with Crippen molar-refractivity contribution in [2.75, 3.05) is 4.90 Å². The first-order valence-corrected chi connectivity index (χ1v) is 10.2. The van der Waals surface area contributed by atoms with Crippen LogP contribution in [0.15, 0.2) is 64.3 Å². The molecule has 5 heteroatoms. The molecule has 0 aromatic heterocycles. The molecule has 2 aromatic carbocycles. The maximum atomic E-state index is 14.6. The summed E-state index contributed by atoms with van der Waals surface area (Å²) in [7, 11) is 0. The smallest absolute Gasteiger partial charge is 0.232 e. The molecule has 3 nitrogen and oxygen atoms in total. The Morgan fingerprint density at radius 1 is 1.04 bits per heavy atom. The van der Waals surface area contributed by atoms with E-state index in [1.807, 2.05) is 38.1 Å². The molecule has 1 atom stereocenters. The first kappa shape index (κ1) is 19.1. The van der Waals surface area contributed by atoms with E-state index in [9.17, 15) is 14.0 Å². The number of hydrogen-bond donors (Lipinski definition) is 0. The lowest BCUT2D eigenvalue weighted by atomic mass is 9.69. The predicted molar refractivity (Wildman–Crippen MR) is 110 cm³/mol. The van der Waals surface area contributed by atoms with Gasteiger partial charge in [0, 0.05) is 34.5 Å². The van der Waals surface area contributed by atoms with Crippen molar-refractivity contribution >= 4 is 33.3 Å². The van der Waals surface area contributed by atoms with Crippen molar-refractivity contribution in [3.8, 4) is 0 Å². The number of halogens is 2. The molecule has 0 saturated carbocycles. The van der Waals surface area contributed by atoms with Crippen LogP contribution in [-0.2, 0) is 9.59 Å². The van der Waals surface area contributed by atoms with Gasteiger partial charge >= 0.3 is 0 Å². The van der Waals surface area contributed by atoms with Crippen molar-refractivity contribution in [1.29, 1.82) is 0 Å². The molecule has 4 rings (SSSR count). The van der Waals surface area contributed by atoms with Crippen LogP contribution in [0, 0.1) is 11.2 Å². The number of para-hydroxylation sites is 1. The second kappa shape index (κ2) is 6.96. The summed E-state index contributed by atoms with van der Waals surface area (Å²) in [5.74, 6) is -0.918. The van der Waals surface area contributed by atoms with E-state index >= 15 is 0 Å². The first-order valence-electron chi connectivity index (χ1n) is 9.37. The van der Waals surface area contributed by atoms with Crippen LogP contribution in [-0.4, -0.2) is 11.7 Å². The number of Topliss-reactive ketones (excluding diaryl/α,β-unsaturated/α-hetero) is 1. The number of allylic oxidation sites excluding steroid dienone is 2. The number of anilines is 1. The number of carbonyl (C=O) groups excluding carboxylic acids is 2. The molecule has 0 spiro atoms. The van der Waals surface area contributed by atoms with Gasteiger partial charge in [0.1, 0.15) is 5.82 Å². The molecule has 0 bridgehead atoms. The van der Waals surface area contributed by atoms with Gasteiger partial charge in [-0.1, -0.05) is 60.1 Å². The number of ketones is 1. The van der Waals surface area contributed by atoms with E-state index in [0.717, 1.165) is 10.0 Å². The molecule has 144 valence electrons.